The van der Waals surface area contributed by atoms with E-state index in [-0.39, 0.29) is 5.75 Å². The predicted octanol–water partition coefficient (Wildman–Crippen LogP) is 4.07. The van der Waals surface area contributed by atoms with Gasteiger partial charge in [0.25, 0.3) is 0 Å². The molecule has 0 fully saturated rings. The Bertz CT molecular complexity index is 1230. The Labute approximate surface area is 198 Å². The topological polar surface area (TPSA) is 106 Å². The summed E-state index contributed by atoms with van der Waals surface area (Å²) in [7, 11) is 1.46. The highest BCUT2D eigenvalue weighted by Gasteiger charge is 2.15. The first-order valence-electron chi connectivity index (χ1n) is 9.73. The van der Waals surface area contributed by atoms with Gasteiger partial charge in [0, 0.05) is 10.0 Å². The van der Waals surface area contributed by atoms with Crippen molar-refractivity contribution >= 4 is 45.6 Å². The second kappa shape index (κ2) is 11.1. The lowest BCUT2D eigenvalue weighted by molar-refractivity contribution is -0.136. The number of nitrogens with one attached hydrogen (secondary N) is 2. The number of benzene rings is 3. The highest BCUT2D eigenvalue weighted by Crippen LogP contribution is 2.24. The maximum absolute atomic E-state index is 12.5. The molecule has 3 rings (SSSR count). The molecule has 2 N–H and O–H groups in total. The van der Waals surface area contributed by atoms with E-state index in [1.54, 1.807) is 60.7 Å². The van der Waals surface area contributed by atoms with Crippen molar-refractivity contribution < 1.29 is 23.9 Å². The summed E-state index contributed by atoms with van der Waals surface area (Å²) in [5.41, 5.74) is 4.24. The van der Waals surface area contributed by atoms with Crippen LogP contribution in [0.5, 0.6) is 11.5 Å². The third-order valence-electron chi connectivity index (χ3n) is 4.36. The predicted molar refractivity (Wildman–Crippen MR) is 128 cm³/mol. The summed E-state index contributed by atoms with van der Waals surface area (Å²) in [5.74, 6) is -1.78. The van der Waals surface area contributed by atoms with Gasteiger partial charge in [-0.05, 0) is 49.4 Å². The largest absolute Gasteiger partial charge is 0.495 e. The molecule has 3 aromatic carbocycles. The van der Waals surface area contributed by atoms with E-state index >= 15 is 0 Å². The quantitative estimate of drug-likeness (QED) is 0.171. The number of nitrogens with zero attached hydrogens (tertiary/aromatic N) is 1. The van der Waals surface area contributed by atoms with Crippen LogP contribution in [0.2, 0.25) is 0 Å². The number of hydrogen-bond donors (Lipinski definition) is 2. The average Bonchev–Trinajstić information content (AvgIpc) is 2.80. The average molecular weight is 510 g/mol. The van der Waals surface area contributed by atoms with E-state index < -0.39 is 17.8 Å². The van der Waals surface area contributed by atoms with Gasteiger partial charge < -0.3 is 14.8 Å². The van der Waals surface area contributed by atoms with Crippen molar-refractivity contribution in [2.24, 2.45) is 5.10 Å². The van der Waals surface area contributed by atoms with Crippen molar-refractivity contribution in [1.29, 1.82) is 0 Å². The Balaban J connectivity index is 1.68. The first-order chi connectivity index (χ1) is 15.9. The normalized spacial score (nSPS) is 10.5. The van der Waals surface area contributed by atoms with Gasteiger partial charge in [0.1, 0.15) is 11.5 Å². The molecule has 33 heavy (non-hydrogen) atoms. The molecular formula is C24H20BrN3O5. The van der Waals surface area contributed by atoms with Crippen LogP contribution < -0.4 is 20.2 Å². The lowest BCUT2D eigenvalue weighted by Gasteiger charge is -2.09. The van der Waals surface area contributed by atoms with Crippen LogP contribution in [-0.4, -0.2) is 31.1 Å². The van der Waals surface area contributed by atoms with Crippen molar-refractivity contribution in [3.05, 3.63) is 87.9 Å². The first kappa shape index (κ1) is 23.7. The molecule has 168 valence electrons. The molecule has 9 heteroatoms. The number of aryl methyl sites for hydroxylation is 1. The summed E-state index contributed by atoms with van der Waals surface area (Å²) in [5, 5.41) is 6.27. The molecule has 8 nitrogen and oxygen atoms in total. The van der Waals surface area contributed by atoms with Crippen LogP contribution in [0, 0.1) is 6.92 Å². The summed E-state index contributed by atoms with van der Waals surface area (Å²) in [6.07, 6.45) is 1.28. The van der Waals surface area contributed by atoms with Gasteiger partial charge in [-0.3, -0.25) is 9.59 Å². The van der Waals surface area contributed by atoms with Crippen molar-refractivity contribution in [2.45, 2.75) is 6.92 Å². The fourth-order valence-electron chi connectivity index (χ4n) is 2.78. The molecule has 0 aliphatic carbocycles. The lowest BCUT2D eigenvalue weighted by atomic mass is 10.1. The minimum atomic E-state index is -0.981. The van der Waals surface area contributed by atoms with E-state index in [9.17, 15) is 14.4 Å². The molecule has 0 bridgehead atoms. The fraction of sp³-hybridized carbons (Fsp3) is 0.0833. The molecule has 0 aromatic heterocycles. The Morgan fingerprint density at radius 3 is 2.48 bits per heavy atom. The molecule has 0 radical (unpaired) electrons. The SMILES string of the molecule is COc1ccccc1NC(=O)C(=O)N/N=C\c1cc(Br)ccc1OC(=O)c1cccc(C)c1. The number of amides is 2. The molecule has 3 aromatic rings. The van der Waals surface area contributed by atoms with Crippen LogP contribution in [-0.2, 0) is 9.59 Å². The van der Waals surface area contributed by atoms with Gasteiger partial charge in [0.15, 0.2) is 0 Å². The minimum absolute atomic E-state index is 0.237. The fourth-order valence-corrected chi connectivity index (χ4v) is 3.16. The monoisotopic (exact) mass is 509 g/mol. The smallest absolute Gasteiger partial charge is 0.343 e. The van der Waals surface area contributed by atoms with Gasteiger partial charge in [0.05, 0.1) is 24.6 Å². The molecule has 0 aliphatic heterocycles. The van der Waals surface area contributed by atoms with Crippen molar-refractivity contribution in [3.63, 3.8) is 0 Å². The van der Waals surface area contributed by atoms with Crippen LogP contribution in [0.1, 0.15) is 21.5 Å². The van der Waals surface area contributed by atoms with Crippen LogP contribution >= 0.6 is 15.9 Å². The Morgan fingerprint density at radius 2 is 1.73 bits per heavy atom. The number of carbonyl (C=O) groups excluding carboxylic acids is 3. The Morgan fingerprint density at radius 1 is 0.939 bits per heavy atom. The number of ether oxygens (including phenoxy) is 2. The maximum atomic E-state index is 12.5. The van der Waals surface area contributed by atoms with E-state index in [1.807, 2.05) is 13.0 Å². The van der Waals surface area contributed by atoms with Gasteiger partial charge in [-0.15, -0.1) is 0 Å². The second-order valence-corrected chi connectivity index (χ2v) is 7.71. The molecule has 0 saturated carbocycles. The number of hydrazone groups is 1. The van der Waals surface area contributed by atoms with E-state index in [1.165, 1.54) is 13.3 Å². The number of para-hydroxylation sites is 2. The molecule has 0 aliphatic rings. The van der Waals surface area contributed by atoms with E-state index in [4.69, 9.17) is 9.47 Å². The van der Waals surface area contributed by atoms with Crippen LogP contribution in [0.4, 0.5) is 5.69 Å². The second-order valence-electron chi connectivity index (χ2n) is 6.79. The number of anilines is 1. The third-order valence-corrected chi connectivity index (χ3v) is 4.85. The van der Waals surface area contributed by atoms with Crippen molar-refractivity contribution in [1.82, 2.24) is 5.43 Å². The standard InChI is InChI=1S/C24H20BrN3O5/c1-15-6-5-7-16(12-15)24(31)33-20-11-10-18(25)13-17(20)14-26-28-23(30)22(29)27-19-8-3-4-9-21(19)32-2/h3-14H,1-2H3,(H,27,29)(H,28,30)/b26-14-. The lowest BCUT2D eigenvalue weighted by Crippen LogP contribution is -2.32. The van der Waals surface area contributed by atoms with E-state index in [0.717, 1.165) is 5.56 Å². The third kappa shape index (κ3) is 6.50. The molecule has 2 amide bonds. The highest BCUT2D eigenvalue weighted by molar-refractivity contribution is 9.10. The summed E-state index contributed by atoms with van der Waals surface area (Å²) >= 11 is 3.35. The number of halogens is 1. The minimum Gasteiger partial charge on any atom is -0.495 e. The zero-order valence-electron chi connectivity index (χ0n) is 17.8. The molecule has 0 heterocycles. The Hall–Kier alpha value is -3.98. The number of rotatable bonds is 6. The number of methoxy groups -OCH3 is 1. The van der Waals surface area contributed by atoms with Gasteiger partial charge in [-0.1, -0.05) is 45.8 Å². The highest BCUT2D eigenvalue weighted by atomic mass is 79.9. The zero-order valence-corrected chi connectivity index (χ0v) is 19.4. The first-order valence-corrected chi connectivity index (χ1v) is 10.5. The number of carbonyl (C=O) groups is 3. The summed E-state index contributed by atoms with van der Waals surface area (Å²) in [4.78, 5) is 36.7. The van der Waals surface area contributed by atoms with Gasteiger partial charge in [-0.25, -0.2) is 10.2 Å². The van der Waals surface area contributed by atoms with Crippen LogP contribution in [0.25, 0.3) is 0 Å². The molecule has 0 saturated heterocycles. The van der Waals surface area contributed by atoms with E-state index in [0.29, 0.717) is 27.0 Å². The molecular weight excluding hydrogens is 490 g/mol. The van der Waals surface area contributed by atoms with E-state index in [2.05, 4.69) is 31.8 Å². The summed E-state index contributed by atoms with van der Waals surface area (Å²) < 4.78 is 11.3. The van der Waals surface area contributed by atoms with Gasteiger partial charge in [-0.2, -0.15) is 5.10 Å². The summed E-state index contributed by atoms with van der Waals surface area (Å²) in [6, 6.07) is 18.7. The molecule has 0 atom stereocenters. The van der Waals surface area contributed by atoms with Crippen molar-refractivity contribution in [3.8, 4) is 11.5 Å². The van der Waals surface area contributed by atoms with Crippen LogP contribution in [0.3, 0.4) is 0 Å². The molecule has 0 unspecified atom stereocenters. The molecule has 0 spiro atoms. The van der Waals surface area contributed by atoms with Crippen LogP contribution in [0.15, 0.2) is 76.3 Å². The van der Waals surface area contributed by atoms with Crippen molar-refractivity contribution in [2.75, 3.05) is 12.4 Å². The van der Waals surface area contributed by atoms with Gasteiger partial charge in [0.2, 0.25) is 0 Å². The summed E-state index contributed by atoms with van der Waals surface area (Å²) in [6.45, 7) is 1.88. The maximum Gasteiger partial charge on any atom is 0.343 e. The zero-order chi connectivity index (χ0) is 23.8. The Kier molecular flexibility index (Phi) is 7.93. The van der Waals surface area contributed by atoms with Gasteiger partial charge >= 0.3 is 17.8 Å². The number of hydrogen-bond acceptors (Lipinski definition) is 6. The number of esters is 1.